The van der Waals surface area contributed by atoms with Crippen molar-refractivity contribution in [2.75, 3.05) is 25.1 Å². The fourth-order valence-corrected chi connectivity index (χ4v) is 5.51. The highest BCUT2D eigenvalue weighted by Crippen LogP contribution is 2.38. The molecule has 0 saturated heterocycles. The van der Waals surface area contributed by atoms with E-state index in [9.17, 15) is 9.36 Å². The van der Waals surface area contributed by atoms with Crippen molar-refractivity contribution in [2.24, 2.45) is 11.8 Å². The molecule has 0 bridgehead atoms. The second kappa shape index (κ2) is 10.9. The summed E-state index contributed by atoms with van der Waals surface area (Å²) >= 11 is 1.69. The molecule has 0 aliphatic carbocycles. The normalized spacial score (nSPS) is 14.9. The summed E-state index contributed by atoms with van der Waals surface area (Å²) in [4.78, 5) is 14.0. The van der Waals surface area contributed by atoms with E-state index in [1.807, 2.05) is 19.1 Å². The number of hydrogen-bond acceptors (Lipinski definition) is 5. The Labute approximate surface area is 173 Å². The van der Waals surface area contributed by atoms with E-state index in [1.165, 1.54) is 10.8 Å². The summed E-state index contributed by atoms with van der Waals surface area (Å²) in [5.74, 6) is 0.276. The number of rotatable bonds is 11. The zero-order valence-electron chi connectivity index (χ0n) is 17.0. The lowest BCUT2D eigenvalue weighted by molar-refractivity contribution is -0.177. The summed E-state index contributed by atoms with van der Waals surface area (Å²) in [6.45, 7) is 8.39. The Morgan fingerprint density at radius 3 is 2.43 bits per heavy atom. The second-order valence-electron chi connectivity index (χ2n) is 7.00. The molecule has 2 aromatic rings. The zero-order valence-corrected chi connectivity index (χ0v) is 18.7. The number of benzene rings is 2. The third kappa shape index (κ3) is 5.34. The molecule has 4 nitrogen and oxygen atoms in total. The Hall–Kier alpha value is -1.42. The monoisotopic (exact) mass is 420 g/mol. The first-order valence-corrected chi connectivity index (χ1v) is 11.7. The Balaban J connectivity index is 2.30. The summed E-state index contributed by atoms with van der Waals surface area (Å²) in [5, 5.41) is 2.39. The van der Waals surface area contributed by atoms with Gasteiger partial charge >= 0.3 is 5.97 Å². The van der Waals surface area contributed by atoms with Crippen LogP contribution in [-0.4, -0.2) is 36.7 Å². The Kier molecular flexibility index (Phi) is 8.94. The molecule has 0 N–H and O–H groups in total. The number of ether oxygens (including phenoxy) is 2. The van der Waals surface area contributed by atoms with Crippen molar-refractivity contribution in [1.29, 1.82) is 0 Å². The molecule has 28 heavy (non-hydrogen) atoms. The van der Waals surface area contributed by atoms with E-state index in [0.29, 0.717) is 12.4 Å². The number of carbonyl (C=O) groups is 1. The van der Waals surface area contributed by atoms with Crippen molar-refractivity contribution in [3.05, 3.63) is 42.5 Å². The van der Waals surface area contributed by atoms with Crippen molar-refractivity contribution >= 4 is 37.0 Å². The molecular formula is C22H29O4PS. The number of fused-ring (bicyclic) bond motifs is 1. The van der Waals surface area contributed by atoms with Gasteiger partial charge in [0.25, 0.3) is 0 Å². The number of esters is 1. The van der Waals surface area contributed by atoms with Gasteiger partial charge in [-0.25, -0.2) is 4.79 Å². The van der Waals surface area contributed by atoms with E-state index in [-0.39, 0.29) is 33.1 Å². The topological polar surface area (TPSA) is 52.6 Å². The Bertz CT molecular complexity index is 795. The van der Waals surface area contributed by atoms with Crippen LogP contribution in [-0.2, 0) is 18.8 Å². The van der Waals surface area contributed by atoms with Gasteiger partial charge in [-0.1, -0.05) is 44.2 Å². The highest BCUT2D eigenvalue weighted by molar-refractivity contribution is 7.99. The fourth-order valence-electron chi connectivity index (χ4n) is 3.46. The smallest absolute Gasteiger partial charge is 0.339 e. The van der Waals surface area contributed by atoms with Gasteiger partial charge in [-0.2, -0.15) is 0 Å². The number of carbonyl (C=O) groups excluding carboxylic acids is 1. The van der Waals surface area contributed by atoms with E-state index in [2.05, 4.69) is 44.2 Å². The van der Waals surface area contributed by atoms with Crippen LogP contribution in [0.15, 0.2) is 47.4 Å². The summed E-state index contributed by atoms with van der Waals surface area (Å²) < 4.78 is 22.9. The minimum atomic E-state index is -1.20. The van der Waals surface area contributed by atoms with Gasteiger partial charge in [-0.05, 0) is 42.7 Å². The first-order chi connectivity index (χ1) is 13.5. The van der Waals surface area contributed by atoms with Crippen molar-refractivity contribution in [3.8, 4) is 0 Å². The van der Waals surface area contributed by atoms with Gasteiger partial charge in [0, 0.05) is 23.2 Å². The third-order valence-corrected chi connectivity index (χ3v) is 6.59. The molecule has 0 aliphatic heterocycles. The fraction of sp³-hybridized carbons (Fsp3) is 0.500. The van der Waals surface area contributed by atoms with Gasteiger partial charge in [-0.15, -0.1) is 11.8 Å². The first kappa shape index (κ1) is 22.9. The molecule has 0 saturated carbocycles. The van der Waals surface area contributed by atoms with Crippen LogP contribution in [0.2, 0.25) is 0 Å². The lowest BCUT2D eigenvalue weighted by Gasteiger charge is -2.38. The predicted octanol–water partition coefficient (Wildman–Crippen LogP) is 5.83. The summed E-state index contributed by atoms with van der Waals surface area (Å²) in [5.41, 5.74) is -1.20. The molecule has 0 fully saturated rings. The molecule has 2 atom stereocenters. The molecule has 0 aliphatic rings. The lowest BCUT2D eigenvalue weighted by atomic mass is 9.81. The van der Waals surface area contributed by atoms with Gasteiger partial charge in [-0.3, -0.25) is 4.57 Å². The van der Waals surface area contributed by atoms with E-state index in [1.54, 1.807) is 18.7 Å². The van der Waals surface area contributed by atoms with Gasteiger partial charge in [0.2, 0.25) is 0 Å². The molecule has 2 rings (SSSR count). The van der Waals surface area contributed by atoms with Crippen LogP contribution < -0.4 is 0 Å². The van der Waals surface area contributed by atoms with E-state index >= 15 is 0 Å². The minimum Gasteiger partial charge on any atom is -0.464 e. The van der Waals surface area contributed by atoms with Crippen LogP contribution in [0.4, 0.5) is 0 Å². The maximum absolute atomic E-state index is 12.9. The summed E-state index contributed by atoms with van der Waals surface area (Å²) in [7, 11) is -0.119. The van der Waals surface area contributed by atoms with Crippen LogP contribution >= 0.6 is 20.2 Å². The van der Waals surface area contributed by atoms with E-state index in [0.717, 1.165) is 4.90 Å². The van der Waals surface area contributed by atoms with Gasteiger partial charge < -0.3 is 9.47 Å². The van der Waals surface area contributed by atoms with Crippen molar-refractivity contribution < 1.29 is 18.8 Å². The van der Waals surface area contributed by atoms with Crippen molar-refractivity contribution in [2.45, 2.75) is 38.2 Å². The lowest BCUT2D eigenvalue weighted by Crippen LogP contribution is -2.54. The highest BCUT2D eigenvalue weighted by atomic mass is 32.2. The van der Waals surface area contributed by atoms with Crippen LogP contribution in [0.5, 0.6) is 0 Å². The Morgan fingerprint density at radius 1 is 1.11 bits per heavy atom. The summed E-state index contributed by atoms with van der Waals surface area (Å²) in [6, 6.07) is 14.6. The largest absolute Gasteiger partial charge is 0.464 e. The molecule has 0 spiro atoms. The van der Waals surface area contributed by atoms with Crippen molar-refractivity contribution in [1.82, 2.24) is 0 Å². The molecule has 2 aromatic carbocycles. The molecule has 0 amide bonds. The van der Waals surface area contributed by atoms with E-state index in [4.69, 9.17) is 9.47 Å². The van der Waals surface area contributed by atoms with Crippen LogP contribution in [0, 0.1) is 11.8 Å². The van der Waals surface area contributed by atoms with Crippen molar-refractivity contribution in [3.63, 3.8) is 0 Å². The molecule has 6 heteroatoms. The standard InChI is InChI=1S/C22H29O4PS/c1-5-25-21(23)22(15-27-24,26-6-2)20(16(3)4)14-28-19-12-11-17-9-7-8-10-18(17)13-19/h7-13,16,20H,5-6,14-15H2,1-4H3. The molecule has 2 unspecified atom stereocenters. The predicted molar refractivity (Wildman–Crippen MR) is 116 cm³/mol. The average Bonchev–Trinajstić information content (AvgIpc) is 2.68. The minimum absolute atomic E-state index is 0.0980. The van der Waals surface area contributed by atoms with Gasteiger partial charge in [0.1, 0.15) is 0 Å². The molecule has 0 aromatic heterocycles. The maximum Gasteiger partial charge on any atom is 0.339 e. The highest BCUT2D eigenvalue weighted by Gasteiger charge is 2.49. The zero-order chi connectivity index (χ0) is 20.6. The van der Waals surface area contributed by atoms with Crippen LogP contribution in [0.1, 0.15) is 27.7 Å². The molecule has 0 heterocycles. The second-order valence-corrected chi connectivity index (χ2v) is 8.67. The number of thioether (sulfide) groups is 1. The molecular weight excluding hydrogens is 391 g/mol. The summed E-state index contributed by atoms with van der Waals surface area (Å²) in [6.07, 6.45) is 0.0980. The molecule has 0 radical (unpaired) electrons. The van der Waals surface area contributed by atoms with Crippen LogP contribution in [0.3, 0.4) is 0 Å². The molecule has 152 valence electrons. The van der Waals surface area contributed by atoms with Crippen LogP contribution in [0.25, 0.3) is 10.8 Å². The SMILES string of the molecule is CCOC(=O)C(CP=O)(OCC)C(CSc1ccc2ccccc2c1)C(C)C. The first-order valence-electron chi connectivity index (χ1n) is 9.70. The maximum atomic E-state index is 12.9. The van der Waals surface area contributed by atoms with E-state index < -0.39 is 11.6 Å². The Morgan fingerprint density at radius 2 is 1.82 bits per heavy atom. The average molecular weight is 421 g/mol. The quantitative estimate of drug-likeness (QED) is 0.260. The van der Waals surface area contributed by atoms with Gasteiger partial charge in [0.05, 0.1) is 12.8 Å². The number of hydrogen-bond donors (Lipinski definition) is 0. The third-order valence-electron chi connectivity index (χ3n) is 4.88. The van der Waals surface area contributed by atoms with Gasteiger partial charge in [0.15, 0.2) is 14.1 Å².